The van der Waals surface area contributed by atoms with Gasteiger partial charge in [-0.25, -0.2) is 9.59 Å². The Morgan fingerprint density at radius 2 is 1.84 bits per heavy atom. The summed E-state index contributed by atoms with van der Waals surface area (Å²) in [5, 5.41) is 7.69. The first-order chi connectivity index (χ1) is 17.3. The lowest BCUT2D eigenvalue weighted by Crippen LogP contribution is -2.56. The van der Waals surface area contributed by atoms with E-state index >= 15 is 0 Å². The normalized spacial score (nSPS) is 32.3. The molecule has 0 radical (unpaired) electrons. The summed E-state index contributed by atoms with van der Waals surface area (Å²) in [5.41, 5.74) is -0.104. The molecule has 210 valence electrons. The Bertz CT molecular complexity index is 878. The van der Waals surface area contributed by atoms with E-state index in [0.717, 1.165) is 12.8 Å². The van der Waals surface area contributed by atoms with Crippen molar-refractivity contribution in [3.63, 3.8) is 0 Å². The summed E-state index contributed by atoms with van der Waals surface area (Å²) in [6.07, 6.45) is 2.01. The molecule has 1 saturated carbocycles. The number of epoxide rings is 2. The van der Waals surface area contributed by atoms with E-state index in [-0.39, 0.29) is 30.7 Å². The van der Waals surface area contributed by atoms with E-state index in [1.54, 1.807) is 27.9 Å². The molecule has 0 aromatic heterocycles. The molecule has 6 atom stereocenters. The van der Waals surface area contributed by atoms with Crippen LogP contribution in [-0.4, -0.2) is 86.6 Å². The van der Waals surface area contributed by atoms with Gasteiger partial charge in [-0.05, 0) is 60.8 Å². The molecule has 3 aliphatic rings. The molecule has 2 heterocycles. The molecule has 0 aromatic rings. The van der Waals surface area contributed by atoms with Crippen molar-refractivity contribution in [2.75, 3.05) is 33.4 Å². The first kappa shape index (κ1) is 29.3. The zero-order valence-electron chi connectivity index (χ0n) is 23.1. The van der Waals surface area contributed by atoms with Crippen molar-refractivity contribution in [3.05, 3.63) is 11.6 Å². The highest BCUT2D eigenvalue weighted by Gasteiger charge is 2.72. The number of imide groups is 1. The third-order valence-corrected chi connectivity index (χ3v) is 6.99. The van der Waals surface area contributed by atoms with E-state index in [4.69, 9.17) is 23.7 Å². The molecule has 11 heteroatoms. The monoisotopic (exact) mass is 525 g/mol. The molecule has 37 heavy (non-hydrogen) atoms. The van der Waals surface area contributed by atoms with Crippen LogP contribution < -0.4 is 16.0 Å². The van der Waals surface area contributed by atoms with Crippen LogP contribution in [0.4, 0.5) is 9.59 Å². The molecule has 3 fully saturated rings. The van der Waals surface area contributed by atoms with Crippen molar-refractivity contribution >= 4 is 18.1 Å². The fourth-order valence-electron chi connectivity index (χ4n) is 5.16. The summed E-state index contributed by atoms with van der Waals surface area (Å²) in [7, 11) is 1.60. The van der Waals surface area contributed by atoms with E-state index in [9.17, 15) is 14.4 Å². The fraction of sp³-hybridized carbons (Fsp3) is 0.808. The number of rotatable bonds is 10. The van der Waals surface area contributed by atoms with Gasteiger partial charge < -0.3 is 34.3 Å². The van der Waals surface area contributed by atoms with Crippen molar-refractivity contribution in [1.29, 1.82) is 0 Å². The number of amides is 3. The molecular weight excluding hydrogens is 482 g/mol. The minimum absolute atomic E-state index is 0.0520. The van der Waals surface area contributed by atoms with Crippen molar-refractivity contribution in [1.82, 2.24) is 16.0 Å². The van der Waals surface area contributed by atoms with Gasteiger partial charge in [0.1, 0.15) is 29.0 Å². The highest BCUT2D eigenvalue weighted by atomic mass is 16.6. The smallest absolute Gasteiger partial charge is 0.414 e. The predicted octanol–water partition coefficient (Wildman–Crippen LogP) is 2.43. The summed E-state index contributed by atoms with van der Waals surface area (Å²) >= 11 is 0. The second-order valence-electron chi connectivity index (χ2n) is 11.5. The first-order valence-electron chi connectivity index (χ1n) is 13.0. The Labute approximate surface area is 219 Å². The topological polar surface area (TPSA) is 140 Å². The van der Waals surface area contributed by atoms with Crippen LogP contribution in [0.25, 0.3) is 0 Å². The standard InChI is InChI=1S/C26H43N3O8/c1-16(2)8-9-18-25(6,36-18)21-20(33-7)17(10-11-26(21)15-34-26)35-23(32)29-19(30)14-27-12-13-28-22(31)37-24(3,4)5/h8,17-18,20-21,27H,9-15H2,1-7H3,(H,28,31)(H,29,30,32)/t17-,18+,20?,21?,25?,26-/m0/s1. The molecule has 0 bridgehead atoms. The van der Waals surface area contributed by atoms with Crippen molar-refractivity contribution in [2.45, 2.75) is 95.9 Å². The first-order valence-corrected chi connectivity index (χ1v) is 13.0. The molecule has 1 spiro atoms. The Kier molecular flexibility index (Phi) is 9.26. The quantitative estimate of drug-likeness (QED) is 0.223. The molecule has 3 N–H and O–H groups in total. The number of methoxy groups -OCH3 is 1. The van der Waals surface area contributed by atoms with Gasteiger partial charge in [0, 0.05) is 20.2 Å². The Balaban J connectivity index is 1.45. The van der Waals surface area contributed by atoms with Crippen LogP contribution in [0.2, 0.25) is 0 Å². The Hall–Kier alpha value is -2.21. The van der Waals surface area contributed by atoms with Crippen LogP contribution in [0, 0.1) is 5.92 Å². The van der Waals surface area contributed by atoms with E-state index in [2.05, 4.69) is 42.8 Å². The van der Waals surface area contributed by atoms with Gasteiger partial charge in [0.05, 0.1) is 25.2 Å². The summed E-state index contributed by atoms with van der Waals surface area (Å²) in [6.45, 7) is 12.6. The lowest BCUT2D eigenvalue weighted by Gasteiger charge is -2.42. The average Bonchev–Trinajstić information content (AvgIpc) is 3.69. The highest BCUT2D eigenvalue weighted by Crippen LogP contribution is 2.59. The lowest BCUT2D eigenvalue weighted by atomic mass is 9.68. The molecule has 2 saturated heterocycles. The molecular formula is C26H43N3O8. The molecule has 11 nitrogen and oxygen atoms in total. The maximum absolute atomic E-state index is 12.5. The molecule has 2 aliphatic heterocycles. The van der Waals surface area contributed by atoms with E-state index < -0.39 is 41.5 Å². The van der Waals surface area contributed by atoms with Gasteiger partial charge in [0.15, 0.2) is 0 Å². The Morgan fingerprint density at radius 3 is 2.43 bits per heavy atom. The predicted molar refractivity (Wildman–Crippen MR) is 135 cm³/mol. The van der Waals surface area contributed by atoms with E-state index in [0.29, 0.717) is 19.6 Å². The number of ether oxygens (including phenoxy) is 5. The third-order valence-electron chi connectivity index (χ3n) is 6.99. The maximum Gasteiger partial charge on any atom is 0.414 e. The maximum atomic E-state index is 12.5. The van der Waals surface area contributed by atoms with Crippen LogP contribution in [0.5, 0.6) is 0 Å². The molecule has 0 aromatic carbocycles. The fourth-order valence-corrected chi connectivity index (χ4v) is 5.16. The largest absolute Gasteiger partial charge is 0.444 e. The lowest BCUT2D eigenvalue weighted by molar-refractivity contribution is -0.125. The summed E-state index contributed by atoms with van der Waals surface area (Å²) in [6, 6.07) is 0. The van der Waals surface area contributed by atoms with Gasteiger partial charge >= 0.3 is 12.2 Å². The van der Waals surface area contributed by atoms with Crippen molar-refractivity contribution in [2.24, 2.45) is 5.92 Å². The zero-order chi connectivity index (χ0) is 27.4. The van der Waals surface area contributed by atoms with Crippen LogP contribution in [0.3, 0.4) is 0 Å². The van der Waals surface area contributed by atoms with Crippen LogP contribution in [0.1, 0.15) is 60.8 Å². The molecule has 3 rings (SSSR count). The van der Waals surface area contributed by atoms with Crippen LogP contribution in [0.15, 0.2) is 11.6 Å². The van der Waals surface area contributed by atoms with Gasteiger partial charge in [-0.1, -0.05) is 11.6 Å². The van der Waals surface area contributed by atoms with Gasteiger partial charge in [-0.3, -0.25) is 10.1 Å². The second kappa shape index (κ2) is 11.7. The van der Waals surface area contributed by atoms with Gasteiger partial charge in [0.25, 0.3) is 0 Å². The number of alkyl carbamates (subject to hydrolysis) is 2. The minimum Gasteiger partial charge on any atom is -0.444 e. The minimum atomic E-state index is -0.819. The van der Waals surface area contributed by atoms with Crippen LogP contribution >= 0.6 is 0 Å². The second-order valence-corrected chi connectivity index (χ2v) is 11.5. The number of allylic oxidation sites excluding steroid dienone is 1. The summed E-state index contributed by atoms with van der Waals surface area (Å²) < 4.78 is 28.7. The SMILES string of the molecule is COC1C(C2(C)O[C@@H]2CC=C(C)C)[C@]2(CC[C@@H]1OC(=O)NC(=O)CNCCNC(=O)OC(C)(C)C)CO2. The number of carbonyl (C=O) groups is 3. The Morgan fingerprint density at radius 1 is 1.14 bits per heavy atom. The number of carbonyl (C=O) groups excluding carboxylic acids is 3. The molecule has 3 unspecified atom stereocenters. The van der Waals surface area contributed by atoms with Gasteiger partial charge in [-0.2, -0.15) is 0 Å². The van der Waals surface area contributed by atoms with Crippen molar-refractivity contribution in [3.8, 4) is 0 Å². The van der Waals surface area contributed by atoms with E-state index in [1.165, 1.54) is 5.57 Å². The number of hydrogen-bond acceptors (Lipinski definition) is 9. The highest BCUT2D eigenvalue weighted by molar-refractivity contribution is 5.92. The number of hydrogen-bond donors (Lipinski definition) is 3. The third kappa shape index (κ3) is 7.89. The average molecular weight is 526 g/mol. The van der Waals surface area contributed by atoms with Crippen LogP contribution in [-0.2, 0) is 28.5 Å². The summed E-state index contributed by atoms with van der Waals surface area (Å²) in [4.78, 5) is 36.3. The summed E-state index contributed by atoms with van der Waals surface area (Å²) in [5.74, 6) is -0.633. The van der Waals surface area contributed by atoms with Gasteiger partial charge in [-0.15, -0.1) is 0 Å². The number of nitrogens with one attached hydrogen (secondary N) is 3. The zero-order valence-corrected chi connectivity index (χ0v) is 23.1. The van der Waals surface area contributed by atoms with Crippen molar-refractivity contribution < 1.29 is 38.1 Å². The van der Waals surface area contributed by atoms with Gasteiger partial charge in [0.2, 0.25) is 5.91 Å². The van der Waals surface area contributed by atoms with E-state index in [1.807, 2.05) is 0 Å². The molecule has 3 amide bonds. The molecule has 1 aliphatic carbocycles.